The second-order valence-corrected chi connectivity index (χ2v) is 9.04. The summed E-state index contributed by atoms with van der Waals surface area (Å²) in [5.74, 6) is 2.68. The lowest BCUT2D eigenvalue weighted by Crippen LogP contribution is -2.46. The van der Waals surface area contributed by atoms with Crippen LogP contribution < -0.4 is 19.3 Å². The number of piperazine rings is 1. The molecule has 0 radical (unpaired) electrons. The minimum atomic E-state index is 0.827. The Morgan fingerprint density at radius 3 is 1.86 bits per heavy atom. The Balaban J connectivity index is 1.38. The van der Waals surface area contributed by atoms with E-state index in [1.165, 1.54) is 5.69 Å². The highest BCUT2D eigenvalue weighted by molar-refractivity contribution is 6.02. The van der Waals surface area contributed by atoms with Crippen molar-refractivity contribution in [1.82, 2.24) is 14.5 Å². The molecule has 0 aliphatic carbocycles. The summed E-state index contributed by atoms with van der Waals surface area (Å²) in [6.45, 7) is 3.58. The van der Waals surface area contributed by atoms with Crippen molar-refractivity contribution in [2.75, 3.05) is 50.2 Å². The Kier molecular flexibility index (Phi) is 6.10. The smallest absolute Gasteiger partial charge is 0.150 e. The summed E-state index contributed by atoms with van der Waals surface area (Å²) in [4.78, 5) is 14.4. The Labute approximate surface area is 216 Å². The van der Waals surface area contributed by atoms with Gasteiger partial charge in [0.05, 0.1) is 19.6 Å². The van der Waals surface area contributed by atoms with E-state index in [1.807, 2.05) is 30.3 Å². The van der Waals surface area contributed by atoms with E-state index in [2.05, 4.69) is 69.1 Å². The number of methoxy groups -OCH3 is 2. The fraction of sp³-hybridized carbons (Fsp3) is 0.200. The lowest BCUT2D eigenvalue weighted by atomic mass is 10.1. The molecule has 3 aromatic carbocycles. The average Bonchev–Trinajstić information content (AvgIpc) is 3.38. The van der Waals surface area contributed by atoms with E-state index in [-0.39, 0.29) is 0 Å². The van der Waals surface area contributed by atoms with E-state index in [4.69, 9.17) is 19.4 Å². The molecule has 2 aromatic heterocycles. The van der Waals surface area contributed by atoms with Gasteiger partial charge in [0.1, 0.15) is 23.6 Å². The molecule has 0 unspecified atom stereocenters. The highest BCUT2D eigenvalue weighted by Crippen LogP contribution is 2.37. The molecular formula is C30H29N5O2. The summed E-state index contributed by atoms with van der Waals surface area (Å²) >= 11 is 0. The zero-order valence-electron chi connectivity index (χ0n) is 21.0. The van der Waals surface area contributed by atoms with Gasteiger partial charge in [-0.1, -0.05) is 30.3 Å². The van der Waals surface area contributed by atoms with Gasteiger partial charge in [0.25, 0.3) is 0 Å². The topological polar surface area (TPSA) is 55.7 Å². The van der Waals surface area contributed by atoms with Crippen molar-refractivity contribution in [1.29, 1.82) is 0 Å². The van der Waals surface area contributed by atoms with Crippen molar-refractivity contribution < 1.29 is 9.47 Å². The summed E-state index contributed by atoms with van der Waals surface area (Å²) in [7, 11) is 3.38. The van der Waals surface area contributed by atoms with Crippen LogP contribution in [0.4, 0.5) is 11.5 Å². The average molecular weight is 492 g/mol. The molecule has 0 spiro atoms. The van der Waals surface area contributed by atoms with E-state index >= 15 is 0 Å². The zero-order chi connectivity index (χ0) is 25.2. The molecule has 1 saturated heterocycles. The monoisotopic (exact) mass is 491 g/mol. The van der Waals surface area contributed by atoms with E-state index in [0.29, 0.717) is 0 Å². The van der Waals surface area contributed by atoms with Gasteiger partial charge in [-0.05, 0) is 54.1 Å². The van der Waals surface area contributed by atoms with Crippen LogP contribution in [0.3, 0.4) is 0 Å². The van der Waals surface area contributed by atoms with Crippen LogP contribution >= 0.6 is 0 Å². The van der Waals surface area contributed by atoms with Crippen LogP contribution in [-0.2, 0) is 0 Å². The molecular weight excluding hydrogens is 462 g/mol. The van der Waals surface area contributed by atoms with Crippen LogP contribution in [0.1, 0.15) is 0 Å². The fourth-order valence-electron chi connectivity index (χ4n) is 5.03. The van der Waals surface area contributed by atoms with E-state index in [0.717, 1.165) is 71.3 Å². The number of benzene rings is 3. The second kappa shape index (κ2) is 9.85. The number of aromatic nitrogens is 3. The second-order valence-electron chi connectivity index (χ2n) is 9.04. The van der Waals surface area contributed by atoms with Crippen LogP contribution in [0.15, 0.2) is 91.4 Å². The first-order valence-electron chi connectivity index (χ1n) is 12.4. The van der Waals surface area contributed by atoms with Gasteiger partial charge >= 0.3 is 0 Å². The summed E-state index contributed by atoms with van der Waals surface area (Å²) in [6.07, 6.45) is 3.86. The van der Waals surface area contributed by atoms with Gasteiger partial charge in [0.2, 0.25) is 0 Å². The predicted molar refractivity (Wildman–Crippen MR) is 148 cm³/mol. The maximum absolute atomic E-state index is 5.37. The third-order valence-corrected chi connectivity index (χ3v) is 7.02. The summed E-state index contributed by atoms with van der Waals surface area (Å²) in [6, 6.07) is 26.8. The minimum Gasteiger partial charge on any atom is -0.497 e. The largest absolute Gasteiger partial charge is 0.497 e. The van der Waals surface area contributed by atoms with Gasteiger partial charge in [0.15, 0.2) is 5.65 Å². The van der Waals surface area contributed by atoms with Crippen LogP contribution in [0.2, 0.25) is 0 Å². The van der Waals surface area contributed by atoms with Crippen LogP contribution in [0.25, 0.3) is 27.8 Å². The molecule has 0 N–H and O–H groups in total. The molecule has 6 rings (SSSR count). The first kappa shape index (κ1) is 22.9. The van der Waals surface area contributed by atoms with E-state index in [1.54, 1.807) is 20.5 Å². The Bertz CT molecular complexity index is 1490. The third-order valence-electron chi connectivity index (χ3n) is 7.02. The summed E-state index contributed by atoms with van der Waals surface area (Å²) < 4.78 is 12.8. The van der Waals surface area contributed by atoms with Gasteiger partial charge in [-0.2, -0.15) is 0 Å². The first-order valence-corrected chi connectivity index (χ1v) is 12.4. The number of anilines is 2. The quantitative estimate of drug-likeness (QED) is 0.316. The molecule has 0 amide bonds. The molecule has 0 saturated carbocycles. The first-order chi connectivity index (χ1) is 18.2. The SMILES string of the molecule is COc1ccc(N2CCN(c3ncnc4c3c(-c3ccccc3)cn4-c3ccc(OC)cc3)CC2)cc1. The van der Waals surface area contributed by atoms with Gasteiger partial charge in [-0.25, -0.2) is 9.97 Å². The molecule has 186 valence electrons. The van der Waals surface area contributed by atoms with Crippen LogP contribution in [0, 0.1) is 0 Å². The number of nitrogens with zero attached hydrogens (tertiary/aromatic N) is 5. The number of rotatable bonds is 6. The van der Waals surface area contributed by atoms with E-state index < -0.39 is 0 Å². The zero-order valence-corrected chi connectivity index (χ0v) is 21.0. The Morgan fingerprint density at radius 1 is 0.649 bits per heavy atom. The third kappa shape index (κ3) is 4.33. The lowest BCUT2D eigenvalue weighted by Gasteiger charge is -2.37. The molecule has 1 aliphatic rings. The highest BCUT2D eigenvalue weighted by Gasteiger charge is 2.24. The number of hydrogen-bond donors (Lipinski definition) is 0. The van der Waals surface area contributed by atoms with Crippen molar-refractivity contribution in [2.45, 2.75) is 0 Å². The normalized spacial score (nSPS) is 13.7. The van der Waals surface area contributed by atoms with Crippen LogP contribution in [0.5, 0.6) is 11.5 Å². The molecule has 7 nitrogen and oxygen atoms in total. The maximum Gasteiger partial charge on any atom is 0.150 e. The van der Waals surface area contributed by atoms with Gasteiger partial charge in [-0.3, -0.25) is 0 Å². The van der Waals surface area contributed by atoms with E-state index in [9.17, 15) is 0 Å². The summed E-state index contributed by atoms with van der Waals surface area (Å²) in [5, 5.41) is 1.07. The van der Waals surface area contributed by atoms with Gasteiger partial charge < -0.3 is 23.8 Å². The number of ether oxygens (including phenoxy) is 2. The van der Waals surface area contributed by atoms with Gasteiger partial charge in [0, 0.05) is 49.3 Å². The van der Waals surface area contributed by atoms with Crippen molar-refractivity contribution in [3.05, 3.63) is 91.4 Å². The summed E-state index contributed by atoms with van der Waals surface area (Å²) in [5.41, 5.74) is 5.41. The fourth-order valence-corrected chi connectivity index (χ4v) is 5.03. The molecule has 0 bridgehead atoms. The Morgan fingerprint density at radius 2 is 1.24 bits per heavy atom. The molecule has 0 atom stereocenters. The predicted octanol–water partition coefficient (Wildman–Crippen LogP) is 5.43. The molecule has 7 heteroatoms. The molecule has 5 aromatic rings. The Hall–Kier alpha value is -4.52. The standard InChI is InChI=1S/C30H29N5O2/c1-36-25-12-8-23(9-13-25)33-16-18-34(19-17-33)29-28-27(22-6-4-3-5-7-22)20-35(30(28)32-21-31-29)24-10-14-26(37-2)15-11-24/h3-15,20-21H,16-19H2,1-2H3. The number of fused-ring (bicyclic) bond motifs is 1. The van der Waals surface area contributed by atoms with Crippen molar-refractivity contribution >= 4 is 22.5 Å². The molecule has 37 heavy (non-hydrogen) atoms. The lowest BCUT2D eigenvalue weighted by molar-refractivity contribution is 0.414. The number of hydrogen-bond acceptors (Lipinski definition) is 6. The maximum atomic E-state index is 5.37. The highest BCUT2D eigenvalue weighted by atomic mass is 16.5. The molecule has 1 fully saturated rings. The van der Waals surface area contributed by atoms with Crippen molar-refractivity contribution in [3.63, 3.8) is 0 Å². The van der Waals surface area contributed by atoms with Gasteiger partial charge in [-0.15, -0.1) is 0 Å². The van der Waals surface area contributed by atoms with Crippen LogP contribution in [-0.4, -0.2) is 54.9 Å². The van der Waals surface area contributed by atoms with Crippen molar-refractivity contribution in [2.24, 2.45) is 0 Å². The van der Waals surface area contributed by atoms with Crippen molar-refractivity contribution in [3.8, 4) is 28.3 Å². The minimum absolute atomic E-state index is 0.827. The molecule has 1 aliphatic heterocycles. The molecule has 3 heterocycles.